The molecule has 2 saturated heterocycles. The Morgan fingerprint density at radius 1 is 0.943 bits per heavy atom. The minimum Gasteiger partial charge on any atom is -0.370 e. The first-order valence-electron chi connectivity index (χ1n) is 12.3. The van der Waals surface area contributed by atoms with Crippen molar-refractivity contribution in [1.82, 2.24) is 19.6 Å². The molecule has 35 heavy (non-hydrogen) atoms. The zero-order valence-corrected chi connectivity index (χ0v) is 19.7. The molecule has 0 radical (unpaired) electrons. The maximum absolute atomic E-state index is 14.5. The van der Waals surface area contributed by atoms with E-state index in [0.29, 0.717) is 11.2 Å². The summed E-state index contributed by atoms with van der Waals surface area (Å²) in [6.45, 7) is 5.16. The molecular weight excluding hydrogens is 446 g/mol. The second-order valence-corrected chi connectivity index (χ2v) is 9.70. The van der Waals surface area contributed by atoms with Gasteiger partial charge in [-0.15, -0.1) is 0 Å². The summed E-state index contributed by atoms with van der Waals surface area (Å²) in [7, 11) is 0. The molecule has 6 rings (SSSR count). The van der Waals surface area contributed by atoms with Gasteiger partial charge >= 0.3 is 0 Å². The van der Waals surface area contributed by atoms with Crippen molar-refractivity contribution < 1.29 is 8.78 Å². The van der Waals surface area contributed by atoms with E-state index in [1.807, 2.05) is 24.5 Å². The Bertz CT molecular complexity index is 1340. The first-order chi connectivity index (χ1) is 17.1. The molecule has 0 aliphatic carbocycles. The van der Waals surface area contributed by atoms with E-state index in [4.69, 9.17) is 9.97 Å². The van der Waals surface area contributed by atoms with Crippen molar-refractivity contribution in [2.24, 2.45) is 5.92 Å². The molecule has 1 atom stereocenters. The van der Waals surface area contributed by atoms with Gasteiger partial charge in [-0.05, 0) is 68.0 Å². The zero-order chi connectivity index (χ0) is 23.9. The maximum atomic E-state index is 14.5. The van der Waals surface area contributed by atoms with E-state index in [1.165, 1.54) is 25.0 Å². The van der Waals surface area contributed by atoms with Crippen LogP contribution in [0.25, 0.3) is 16.9 Å². The third kappa shape index (κ3) is 4.11. The number of benzene rings is 1. The van der Waals surface area contributed by atoms with Gasteiger partial charge in [-0.1, -0.05) is 6.92 Å². The number of halogens is 2. The normalized spacial score (nSPS) is 19.1. The number of piperidine rings is 1. The fourth-order valence-electron chi connectivity index (χ4n) is 5.33. The van der Waals surface area contributed by atoms with Gasteiger partial charge in [0.15, 0.2) is 5.65 Å². The standard InChI is InChI=1S/C27H28F2N6/c1-18-8-12-33(13-9-18)20-5-7-24(30-16-20)22-17-31-35-14-10-26(32-27(22)35)34-11-2-3-25(34)21-15-19(28)4-6-23(21)29/h4-7,10,14-18,25H,2-3,8-9,11-13H2,1H3. The summed E-state index contributed by atoms with van der Waals surface area (Å²) in [5.74, 6) is 0.694. The van der Waals surface area contributed by atoms with Crippen LogP contribution in [0.15, 0.2) is 55.0 Å². The first kappa shape index (κ1) is 21.9. The molecule has 1 aromatic carbocycles. The molecule has 0 bridgehead atoms. The molecule has 8 heteroatoms. The SMILES string of the molecule is CC1CCN(c2ccc(-c3cnn4ccc(N5CCCC5c5cc(F)ccc5F)nc34)nc2)CC1. The number of hydrogen-bond donors (Lipinski definition) is 0. The van der Waals surface area contributed by atoms with Gasteiger partial charge in [-0.3, -0.25) is 4.98 Å². The predicted molar refractivity (Wildman–Crippen MR) is 133 cm³/mol. The van der Waals surface area contributed by atoms with Crippen LogP contribution in [0.5, 0.6) is 0 Å². The minimum absolute atomic E-state index is 0.253. The number of fused-ring (bicyclic) bond motifs is 1. The Labute approximate surface area is 203 Å². The Hall–Kier alpha value is -3.55. The maximum Gasteiger partial charge on any atom is 0.166 e. The van der Waals surface area contributed by atoms with Crippen molar-refractivity contribution >= 4 is 17.2 Å². The van der Waals surface area contributed by atoms with Crippen LogP contribution in [-0.2, 0) is 0 Å². The highest BCUT2D eigenvalue weighted by molar-refractivity contribution is 5.76. The van der Waals surface area contributed by atoms with Crippen molar-refractivity contribution in [1.29, 1.82) is 0 Å². The predicted octanol–water partition coefficient (Wildman–Crippen LogP) is 5.65. The Kier molecular flexibility index (Phi) is 5.59. The number of aromatic nitrogens is 4. The molecule has 2 fully saturated rings. The minimum atomic E-state index is -0.427. The van der Waals surface area contributed by atoms with Gasteiger partial charge < -0.3 is 9.80 Å². The summed E-state index contributed by atoms with van der Waals surface area (Å²) in [6.07, 6.45) is 9.63. The van der Waals surface area contributed by atoms with E-state index in [1.54, 1.807) is 10.7 Å². The van der Waals surface area contributed by atoms with Gasteiger partial charge in [0, 0.05) is 31.4 Å². The highest BCUT2D eigenvalue weighted by Crippen LogP contribution is 2.37. The van der Waals surface area contributed by atoms with Crippen LogP contribution in [0.1, 0.15) is 44.2 Å². The van der Waals surface area contributed by atoms with E-state index < -0.39 is 5.82 Å². The summed E-state index contributed by atoms with van der Waals surface area (Å²) in [6, 6.07) is 9.44. The largest absolute Gasteiger partial charge is 0.370 e. The molecule has 5 heterocycles. The number of rotatable bonds is 4. The quantitative estimate of drug-likeness (QED) is 0.383. The molecule has 1 unspecified atom stereocenters. The summed E-state index contributed by atoms with van der Waals surface area (Å²) in [5, 5.41) is 4.46. The molecule has 180 valence electrons. The Balaban J connectivity index is 1.30. The average Bonchev–Trinajstić information content (AvgIpc) is 3.53. The molecular formula is C27H28F2N6. The van der Waals surface area contributed by atoms with Gasteiger partial charge in [0.1, 0.15) is 17.5 Å². The lowest BCUT2D eigenvalue weighted by molar-refractivity contribution is 0.438. The van der Waals surface area contributed by atoms with Crippen LogP contribution in [0.2, 0.25) is 0 Å². The lowest BCUT2D eigenvalue weighted by Crippen LogP contribution is -2.32. The van der Waals surface area contributed by atoms with Gasteiger partial charge in [-0.2, -0.15) is 5.10 Å². The summed E-state index contributed by atoms with van der Waals surface area (Å²) in [4.78, 5) is 14.1. The van der Waals surface area contributed by atoms with E-state index >= 15 is 0 Å². The second kappa shape index (κ2) is 8.91. The molecule has 4 aromatic rings. The van der Waals surface area contributed by atoms with Gasteiger partial charge in [-0.25, -0.2) is 18.3 Å². The fraction of sp³-hybridized carbons (Fsp3) is 0.370. The zero-order valence-electron chi connectivity index (χ0n) is 19.7. The van der Waals surface area contributed by atoms with Crippen LogP contribution in [0.3, 0.4) is 0 Å². The van der Waals surface area contributed by atoms with E-state index in [0.717, 1.165) is 67.2 Å². The van der Waals surface area contributed by atoms with Crippen molar-refractivity contribution in [3.63, 3.8) is 0 Å². The summed E-state index contributed by atoms with van der Waals surface area (Å²) >= 11 is 0. The van der Waals surface area contributed by atoms with Gasteiger partial charge in [0.2, 0.25) is 0 Å². The number of hydrogen-bond acceptors (Lipinski definition) is 5. The van der Waals surface area contributed by atoms with Crippen LogP contribution in [-0.4, -0.2) is 39.2 Å². The van der Waals surface area contributed by atoms with Gasteiger partial charge in [0.05, 0.1) is 35.4 Å². The Morgan fingerprint density at radius 3 is 2.60 bits per heavy atom. The first-order valence-corrected chi connectivity index (χ1v) is 12.3. The van der Waals surface area contributed by atoms with Crippen LogP contribution < -0.4 is 9.80 Å². The highest BCUT2D eigenvalue weighted by atomic mass is 19.1. The van der Waals surface area contributed by atoms with Crippen LogP contribution in [0.4, 0.5) is 20.3 Å². The highest BCUT2D eigenvalue weighted by Gasteiger charge is 2.30. The fourth-order valence-corrected chi connectivity index (χ4v) is 5.33. The molecule has 3 aromatic heterocycles. The van der Waals surface area contributed by atoms with Crippen LogP contribution in [0, 0.1) is 17.6 Å². The summed E-state index contributed by atoms with van der Waals surface area (Å²) < 4.78 is 30.2. The molecule has 2 aliphatic rings. The lowest BCUT2D eigenvalue weighted by Gasteiger charge is -2.31. The molecule has 0 spiro atoms. The van der Waals surface area contributed by atoms with E-state index in [2.05, 4.69) is 27.9 Å². The third-order valence-electron chi connectivity index (χ3n) is 7.39. The molecule has 0 saturated carbocycles. The van der Waals surface area contributed by atoms with Crippen molar-refractivity contribution in [2.75, 3.05) is 29.4 Å². The molecule has 0 N–H and O–H groups in total. The van der Waals surface area contributed by atoms with E-state index in [9.17, 15) is 8.78 Å². The van der Waals surface area contributed by atoms with Crippen molar-refractivity contribution in [3.05, 3.63) is 72.2 Å². The number of anilines is 2. The molecule has 2 aliphatic heterocycles. The Morgan fingerprint density at radius 2 is 1.80 bits per heavy atom. The monoisotopic (exact) mass is 474 g/mol. The van der Waals surface area contributed by atoms with Crippen molar-refractivity contribution in [2.45, 2.75) is 38.6 Å². The molecule has 0 amide bonds. The number of pyridine rings is 1. The van der Waals surface area contributed by atoms with Crippen molar-refractivity contribution in [3.8, 4) is 11.3 Å². The number of nitrogens with zero attached hydrogens (tertiary/aromatic N) is 6. The smallest absolute Gasteiger partial charge is 0.166 e. The van der Waals surface area contributed by atoms with E-state index in [-0.39, 0.29) is 11.9 Å². The third-order valence-corrected chi connectivity index (χ3v) is 7.39. The topological polar surface area (TPSA) is 49.6 Å². The van der Waals surface area contributed by atoms with Gasteiger partial charge in [0.25, 0.3) is 0 Å². The summed E-state index contributed by atoms with van der Waals surface area (Å²) in [5.41, 5.74) is 3.87. The average molecular weight is 475 g/mol. The lowest BCUT2D eigenvalue weighted by atomic mass is 9.99. The van der Waals surface area contributed by atoms with Crippen LogP contribution >= 0.6 is 0 Å². The molecule has 6 nitrogen and oxygen atoms in total. The second-order valence-electron chi connectivity index (χ2n) is 9.70.